The number of hydrogen-bond acceptors (Lipinski definition) is 3. The number of ether oxygens (including phenoxy) is 1. The predicted molar refractivity (Wildman–Crippen MR) is 262 cm³/mol. The molecule has 0 unspecified atom stereocenters. The molecule has 4 heterocycles. The van der Waals surface area contributed by atoms with Crippen LogP contribution in [0.1, 0.15) is 31.8 Å². The summed E-state index contributed by atoms with van der Waals surface area (Å²) in [5.74, 6) is 1.62. The van der Waals surface area contributed by atoms with E-state index in [-0.39, 0.29) is 29.6 Å². The quantitative estimate of drug-likeness (QED) is 0.167. The van der Waals surface area contributed by atoms with E-state index in [2.05, 4.69) is 140 Å². The van der Waals surface area contributed by atoms with Crippen LogP contribution in [-0.2, 0) is 24.8 Å². The van der Waals surface area contributed by atoms with Gasteiger partial charge in [0.2, 0.25) is 0 Å². The number of fused-ring (bicyclic) bond motifs is 7. The predicted octanol–water partition coefficient (Wildman–Crippen LogP) is 15.3. The Kier molecular flexibility index (Phi) is 8.23. The zero-order chi connectivity index (χ0) is 47.3. The number of para-hydroxylation sites is 4. The second kappa shape index (κ2) is 15.3. The van der Waals surface area contributed by atoms with E-state index in [4.69, 9.17) is 19.6 Å². The monoisotopic (exact) mass is 1030 g/mol. The Morgan fingerprint density at radius 3 is 1.97 bits per heavy atom. The van der Waals surface area contributed by atoms with E-state index in [1.807, 2.05) is 83.4 Å². The fraction of sp³-hybridized carbons (Fsp3) is 0.0690. The molecule has 6 nitrogen and oxygen atoms in total. The number of aromatic nitrogens is 4. The van der Waals surface area contributed by atoms with Crippen molar-refractivity contribution in [3.05, 3.63) is 210 Å². The molecule has 0 amide bonds. The average Bonchev–Trinajstić information content (AvgIpc) is 3.86. The van der Waals surface area contributed by atoms with Gasteiger partial charge in [-0.25, -0.2) is 0 Å². The van der Waals surface area contributed by atoms with E-state index in [1.165, 1.54) is 0 Å². The molecule has 0 aliphatic carbocycles. The summed E-state index contributed by atoms with van der Waals surface area (Å²) >= 11 is 2.46. The van der Waals surface area contributed by atoms with Gasteiger partial charge in [-0.1, -0.05) is 32.9 Å². The Bertz CT molecular complexity index is 4110. The second-order valence-corrected chi connectivity index (χ2v) is 18.3. The van der Waals surface area contributed by atoms with Gasteiger partial charge < -0.3 is 0 Å². The summed E-state index contributed by atoms with van der Waals surface area (Å²) in [5, 5.41) is 3.08. The van der Waals surface area contributed by atoms with Crippen LogP contribution >= 0.6 is 0 Å². The van der Waals surface area contributed by atoms with Crippen LogP contribution in [0.5, 0.6) is 11.5 Å². The molecule has 0 spiro atoms. The number of imidazole rings is 1. The maximum atomic E-state index is 9.12. The molecule has 0 fully saturated rings. The minimum Gasteiger partial charge on any atom is -0.0561 e. The first-order chi connectivity index (χ1) is 33.5. The van der Waals surface area contributed by atoms with Gasteiger partial charge in [0.15, 0.2) is 0 Å². The topological polar surface area (TPSA) is 49.5 Å². The molecule has 0 N–H and O–H groups in total. The van der Waals surface area contributed by atoms with Gasteiger partial charge in [0.25, 0.3) is 0 Å². The third kappa shape index (κ3) is 6.51. The molecule has 316 valence electrons. The van der Waals surface area contributed by atoms with Gasteiger partial charge in [-0.05, 0) is 17.0 Å². The average molecular weight is 1030 g/mol. The number of nitrogens with zero attached hydrogens (tertiary/aromatic N) is 4. The van der Waals surface area contributed by atoms with Crippen molar-refractivity contribution in [3.8, 4) is 45.3 Å². The first-order valence-electron chi connectivity index (χ1n) is 23.5. The normalized spacial score (nSPS) is 12.9. The van der Waals surface area contributed by atoms with Crippen molar-refractivity contribution in [1.82, 2.24) is 18.5 Å². The molecule has 0 aliphatic rings. The Hall–Kier alpha value is -7.53. The van der Waals surface area contributed by atoms with Gasteiger partial charge >= 0.3 is 332 Å². The standard InChI is InChI=1S/C58H42N4O2.Pt/c1-58(2,3)40-32-33-59-55(34-40)62-49-25-12-10-20-45(49)46-30-28-41(35-51(46)62)63-42-29-31-54-52(36-42)61-37-60(50-26-15-24-48(57(50)61)47-21-11-13-27-53(47)64-54)56-43(38-16-6-4-7-17-38)22-14-23-44(56)39-18-8-5-9-19-39;/h4-36H,1-3H3;/i10D,12D,20D,25D;. The van der Waals surface area contributed by atoms with Crippen LogP contribution in [-0.4, -0.2) is 18.5 Å². The van der Waals surface area contributed by atoms with Crippen molar-refractivity contribution in [2.75, 3.05) is 0 Å². The fourth-order valence-corrected chi connectivity index (χ4v) is 10.3. The van der Waals surface area contributed by atoms with E-state index < -0.39 is 0 Å². The van der Waals surface area contributed by atoms with Crippen molar-refractivity contribution < 1.29 is 34.0 Å². The third-order valence-corrected chi connectivity index (χ3v) is 13.3. The molecule has 0 bridgehead atoms. The van der Waals surface area contributed by atoms with E-state index >= 15 is 0 Å². The number of benzene rings is 8. The van der Waals surface area contributed by atoms with Crippen LogP contribution in [0.4, 0.5) is 0 Å². The zero-order valence-electron chi connectivity index (χ0n) is 39.7. The van der Waals surface area contributed by atoms with Gasteiger partial charge in [-0.3, -0.25) is 0 Å². The maximum absolute atomic E-state index is 9.12. The van der Waals surface area contributed by atoms with E-state index in [0.717, 1.165) is 70.2 Å². The second-order valence-electron chi connectivity index (χ2n) is 17.2. The third-order valence-electron chi connectivity index (χ3n) is 12.3. The number of rotatable bonds is 6. The Morgan fingerprint density at radius 2 is 1.22 bits per heavy atom. The molecule has 0 atom stereocenters. The Balaban J connectivity index is 1.13. The molecular weight excluding hydrogens is 980 g/mol. The van der Waals surface area contributed by atoms with E-state index in [1.54, 1.807) is 6.20 Å². The van der Waals surface area contributed by atoms with Crippen molar-refractivity contribution in [3.63, 3.8) is 0 Å². The zero-order valence-corrected chi connectivity index (χ0v) is 37.9. The summed E-state index contributed by atoms with van der Waals surface area (Å²) in [7, 11) is 0. The van der Waals surface area contributed by atoms with Gasteiger partial charge in [-0.15, -0.1) is 0 Å². The molecule has 0 saturated heterocycles. The van der Waals surface area contributed by atoms with Crippen LogP contribution in [0.25, 0.3) is 94.1 Å². The summed E-state index contributed by atoms with van der Waals surface area (Å²) in [6, 6.07) is 56.9. The van der Waals surface area contributed by atoms with Crippen molar-refractivity contribution in [1.29, 1.82) is 0 Å². The molecule has 8 aromatic carbocycles. The summed E-state index contributed by atoms with van der Waals surface area (Å²) in [6.07, 6.45) is 1.75. The minimum atomic E-state index is -0.304. The Morgan fingerprint density at radius 1 is 0.554 bits per heavy atom. The minimum absolute atomic E-state index is 0.105. The summed E-state index contributed by atoms with van der Waals surface area (Å²) in [6.45, 7) is 6.39. The summed E-state index contributed by atoms with van der Waals surface area (Å²) < 4.78 is 56.6. The van der Waals surface area contributed by atoms with Crippen molar-refractivity contribution in [2.45, 2.75) is 26.2 Å². The van der Waals surface area contributed by atoms with Gasteiger partial charge in [-0.2, -0.15) is 0 Å². The van der Waals surface area contributed by atoms with Gasteiger partial charge in [0, 0.05) is 6.20 Å². The molecule has 12 rings (SSSR count). The molecule has 65 heavy (non-hydrogen) atoms. The van der Waals surface area contributed by atoms with Crippen LogP contribution in [0.2, 0.25) is 0 Å². The molecule has 0 saturated carbocycles. The van der Waals surface area contributed by atoms with Crippen LogP contribution in [0.3, 0.4) is 0 Å². The first-order valence-corrected chi connectivity index (χ1v) is 22.7. The first kappa shape index (κ1) is 34.9. The van der Waals surface area contributed by atoms with E-state index in [0.29, 0.717) is 44.7 Å². The summed E-state index contributed by atoms with van der Waals surface area (Å²) in [5.41, 5.74) is 11.5. The fourth-order valence-electron chi connectivity index (χ4n) is 9.21. The molecular formula is C58H42N4O2Pt. The molecule has 0 aliphatic heterocycles. The van der Waals surface area contributed by atoms with Crippen molar-refractivity contribution in [2.24, 2.45) is 0 Å². The molecule has 0 radical (unpaired) electrons. The van der Waals surface area contributed by atoms with Crippen LogP contribution in [0.15, 0.2) is 205 Å². The molecule has 12 aromatic rings. The number of pyridine rings is 1. The van der Waals surface area contributed by atoms with Crippen molar-refractivity contribution >= 4 is 60.3 Å². The SMILES string of the molecule is [2H]c1c([2H])c([2H])c2c(c1[2H])c1ccc(Oc3ccc4oc5ccccc5c5cccc6c5n([c](=[Pt])n6-c5c(-c6ccccc6)cccc5-c5ccccc5)c4c3)cc1n2-c1cc(C(C)(C)C)ccn1. The number of hydrogen-bond donors (Lipinski definition) is 0. The van der Waals surface area contributed by atoms with E-state index in [9.17, 15) is 0 Å². The van der Waals surface area contributed by atoms with Crippen LogP contribution < -0.4 is 4.74 Å². The molecule has 7 heteroatoms. The smallest absolute Gasteiger partial charge is 0.0561 e. The Labute approximate surface area is 391 Å². The summed E-state index contributed by atoms with van der Waals surface area (Å²) in [4.78, 5) is 4.78. The van der Waals surface area contributed by atoms with Crippen LogP contribution in [0, 0.1) is 3.80 Å². The molecule has 4 aromatic heterocycles. The van der Waals surface area contributed by atoms with Gasteiger partial charge in [0.05, 0.1) is 5.48 Å². The van der Waals surface area contributed by atoms with Gasteiger partial charge in [0.1, 0.15) is 0 Å².